The van der Waals surface area contributed by atoms with E-state index in [9.17, 15) is 0 Å². The molecule has 2 aliphatic rings. The van der Waals surface area contributed by atoms with E-state index < -0.39 is 0 Å². The Morgan fingerprint density at radius 3 is 2.48 bits per heavy atom. The molecule has 0 atom stereocenters. The monoisotopic (exact) mass is 362 g/mol. The molecule has 2 N–H and O–H groups in total. The van der Waals surface area contributed by atoms with Gasteiger partial charge in [-0.2, -0.15) is 0 Å². The van der Waals surface area contributed by atoms with Crippen LogP contribution in [0.2, 0.25) is 5.02 Å². The molecule has 1 heterocycles. The summed E-state index contributed by atoms with van der Waals surface area (Å²) in [5.74, 6) is 0.939. The predicted octanol–water partition coefficient (Wildman–Crippen LogP) is 3.41. The summed E-state index contributed by atoms with van der Waals surface area (Å²) in [7, 11) is 1.86. The van der Waals surface area contributed by atoms with Crippen LogP contribution in [0.15, 0.2) is 29.3 Å². The van der Waals surface area contributed by atoms with E-state index in [0.29, 0.717) is 6.04 Å². The molecule has 4 nitrogen and oxygen atoms in total. The Morgan fingerprint density at radius 1 is 1.24 bits per heavy atom. The lowest BCUT2D eigenvalue weighted by atomic mass is 9.96. The number of nitrogens with one attached hydrogen (secondary N) is 2. The molecule has 0 amide bonds. The normalized spacial score (nSPS) is 21.2. The number of halogens is 1. The van der Waals surface area contributed by atoms with Gasteiger partial charge in [-0.25, -0.2) is 0 Å². The first-order chi connectivity index (χ1) is 12.1. The van der Waals surface area contributed by atoms with Crippen LogP contribution < -0.4 is 10.6 Å². The number of guanidine groups is 1. The molecule has 0 aromatic heterocycles. The Morgan fingerprint density at radius 2 is 1.92 bits per heavy atom. The number of hydrogen-bond donors (Lipinski definition) is 2. The SMILES string of the molecule is CCCN1CCC(NC(=NC)NCC2(c3ccc(Cl)cc3)CC2)CC1. The van der Waals surface area contributed by atoms with Gasteiger partial charge >= 0.3 is 0 Å². The maximum Gasteiger partial charge on any atom is 0.191 e. The van der Waals surface area contributed by atoms with Gasteiger partial charge in [0.1, 0.15) is 0 Å². The van der Waals surface area contributed by atoms with Gasteiger partial charge in [-0.15, -0.1) is 0 Å². The highest BCUT2D eigenvalue weighted by molar-refractivity contribution is 6.30. The third-order valence-corrected chi connectivity index (χ3v) is 5.85. The number of aliphatic imine (C=N–C) groups is 1. The lowest BCUT2D eigenvalue weighted by molar-refractivity contribution is 0.206. The first-order valence-electron chi connectivity index (χ1n) is 9.61. The zero-order valence-corrected chi connectivity index (χ0v) is 16.3. The topological polar surface area (TPSA) is 39.7 Å². The molecule has 5 heteroatoms. The largest absolute Gasteiger partial charge is 0.356 e. The summed E-state index contributed by atoms with van der Waals surface area (Å²) >= 11 is 6.02. The summed E-state index contributed by atoms with van der Waals surface area (Å²) in [6.45, 7) is 6.80. The van der Waals surface area contributed by atoms with E-state index >= 15 is 0 Å². The fraction of sp³-hybridized carbons (Fsp3) is 0.650. The van der Waals surface area contributed by atoms with Crippen LogP contribution >= 0.6 is 11.6 Å². The molecule has 1 aromatic rings. The molecule has 3 rings (SSSR count). The smallest absolute Gasteiger partial charge is 0.191 e. The Labute approximate surface area is 157 Å². The lowest BCUT2D eigenvalue weighted by Crippen LogP contribution is -2.49. The second-order valence-electron chi connectivity index (χ2n) is 7.47. The molecule has 138 valence electrons. The molecule has 1 saturated heterocycles. The molecular formula is C20H31ClN4. The second kappa shape index (κ2) is 8.41. The minimum Gasteiger partial charge on any atom is -0.356 e. The van der Waals surface area contributed by atoms with Crippen molar-refractivity contribution in [2.45, 2.75) is 50.5 Å². The second-order valence-corrected chi connectivity index (χ2v) is 7.91. The molecular weight excluding hydrogens is 332 g/mol. The van der Waals surface area contributed by atoms with Gasteiger partial charge < -0.3 is 15.5 Å². The molecule has 0 spiro atoms. The highest BCUT2D eigenvalue weighted by atomic mass is 35.5. The van der Waals surface area contributed by atoms with E-state index in [1.54, 1.807) is 0 Å². The van der Waals surface area contributed by atoms with Crippen LogP contribution in [0.1, 0.15) is 44.6 Å². The van der Waals surface area contributed by atoms with Crippen molar-refractivity contribution < 1.29 is 0 Å². The molecule has 25 heavy (non-hydrogen) atoms. The predicted molar refractivity (Wildman–Crippen MR) is 107 cm³/mol. The zero-order chi connectivity index (χ0) is 17.7. The lowest BCUT2D eigenvalue weighted by Gasteiger charge is -2.33. The van der Waals surface area contributed by atoms with Crippen LogP contribution in [0.25, 0.3) is 0 Å². The Hall–Kier alpha value is -1.26. The van der Waals surface area contributed by atoms with E-state index in [1.807, 2.05) is 19.2 Å². The van der Waals surface area contributed by atoms with Gasteiger partial charge in [0.05, 0.1) is 0 Å². The minimum absolute atomic E-state index is 0.257. The number of nitrogens with zero attached hydrogens (tertiary/aromatic N) is 2. The Bertz CT molecular complexity index is 572. The van der Waals surface area contributed by atoms with E-state index in [-0.39, 0.29) is 5.41 Å². The van der Waals surface area contributed by atoms with Gasteiger partial charge in [-0.1, -0.05) is 30.7 Å². The summed E-state index contributed by atoms with van der Waals surface area (Å²) in [6, 6.07) is 8.85. The van der Waals surface area contributed by atoms with Crippen molar-refractivity contribution in [1.82, 2.24) is 15.5 Å². The third-order valence-electron chi connectivity index (χ3n) is 5.60. The van der Waals surface area contributed by atoms with Crippen LogP contribution in [0.3, 0.4) is 0 Å². The van der Waals surface area contributed by atoms with Gasteiger partial charge in [-0.05, 0) is 56.3 Å². The average molecular weight is 363 g/mol. The van der Waals surface area contributed by atoms with E-state index in [0.717, 1.165) is 17.5 Å². The van der Waals surface area contributed by atoms with Crippen molar-refractivity contribution in [3.8, 4) is 0 Å². The summed E-state index contributed by atoms with van der Waals surface area (Å²) in [5.41, 5.74) is 1.64. The third kappa shape index (κ3) is 4.89. The average Bonchev–Trinajstić information content (AvgIpc) is 3.42. The highest BCUT2D eigenvalue weighted by Gasteiger charge is 2.44. The van der Waals surface area contributed by atoms with Gasteiger partial charge in [0.15, 0.2) is 5.96 Å². The van der Waals surface area contributed by atoms with E-state index in [1.165, 1.54) is 57.3 Å². The molecule has 0 bridgehead atoms. The molecule has 1 aliphatic carbocycles. The van der Waals surface area contributed by atoms with Crippen molar-refractivity contribution in [3.05, 3.63) is 34.9 Å². The van der Waals surface area contributed by atoms with Crippen LogP contribution in [0, 0.1) is 0 Å². The quantitative estimate of drug-likeness (QED) is 0.601. The van der Waals surface area contributed by atoms with Crippen LogP contribution in [-0.4, -0.2) is 50.1 Å². The Balaban J connectivity index is 1.48. The van der Waals surface area contributed by atoms with Crippen molar-refractivity contribution in [2.24, 2.45) is 4.99 Å². The van der Waals surface area contributed by atoms with Crippen molar-refractivity contribution >= 4 is 17.6 Å². The van der Waals surface area contributed by atoms with Crippen molar-refractivity contribution in [2.75, 3.05) is 33.2 Å². The number of piperidine rings is 1. The maximum atomic E-state index is 6.02. The standard InChI is InChI=1S/C20H31ClN4/c1-3-12-25-13-8-18(9-14-25)24-19(22-2)23-15-20(10-11-20)16-4-6-17(21)7-5-16/h4-7,18H,3,8-15H2,1-2H3,(H2,22,23,24). The minimum atomic E-state index is 0.257. The summed E-state index contributed by atoms with van der Waals surface area (Å²) in [5, 5.41) is 7.99. The van der Waals surface area contributed by atoms with Crippen molar-refractivity contribution in [3.63, 3.8) is 0 Å². The number of benzene rings is 1. The van der Waals surface area contributed by atoms with E-state index in [4.69, 9.17) is 11.6 Å². The first-order valence-corrected chi connectivity index (χ1v) is 9.98. The van der Waals surface area contributed by atoms with Gasteiger partial charge in [0.2, 0.25) is 0 Å². The molecule has 1 saturated carbocycles. The van der Waals surface area contributed by atoms with E-state index in [2.05, 4.69) is 39.6 Å². The van der Waals surface area contributed by atoms with Gasteiger partial charge in [0, 0.05) is 43.2 Å². The zero-order valence-electron chi connectivity index (χ0n) is 15.5. The Kier molecular flexibility index (Phi) is 6.24. The van der Waals surface area contributed by atoms with Crippen molar-refractivity contribution in [1.29, 1.82) is 0 Å². The molecule has 1 aliphatic heterocycles. The number of rotatable bonds is 6. The maximum absolute atomic E-state index is 6.02. The van der Waals surface area contributed by atoms with Crippen LogP contribution in [0.4, 0.5) is 0 Å². The summed E-state index contributed by atoms with van der Waals surface area (Å²) in [4.78, 5) is 7.00. The highest BCUT2D eigenvalue weighted by Crippen LogP contribution is 2.47. The van der Waals surface area contributed by atoms with Crippen LogP contribution in [-0.2, 0) is 5.41 Å². The van der Waals surface area contributed by atoms with Gasteiger partial charge in [0.25, 0.3) is 0 Å². The molecule has 0 unspecified atom stereocenters. The molecule has 2 fully saturated rings. The fourth-order valence-electron chi connectivity index (χ4n) is 3.78. The summed E-state index contributed by atoms with van der Waals surface area (Å²) < 4.78 is 0. The fourth-order valence-corrected chi connectivity index (χ4v) is 3.91. The number of likely N-dealkylation sites (tertiary alicyclic amines) is 1. The number of hydrogen-bond acceptors (Lipinski definition) is 2. The molecule has 0 radical (unpaired) electrons. The van der Waals surface area contributed by atoms with Crippen LogP contribution in [0.5, 0.6) is 0 Å². The summed E-state index contributed by atoms with van der Waals surface area (Å²) in [6.07, 6.45) is 6.10. The first kappa shape index (κ1) is 18.5. The van der Waals surface area contributed by atoms with Gasteiger partial charge in [-0.3, -0.25) is 4.99 Å². The molecule has 1 aromatic carbocycles.